The van der Waals surface area contributed by atoms with Gasteiger partial charge in [0.15, 0.2) is 0 Å². The maximum atomic E-state index is 12.5. The van der Waals surface area contributed by atoms with Crippen LogP contribution in [0.1, 0.15) is 15.9 Å². The van der Waals surface area contributed by atoms with E-state index in [-0.39, 0.29) is 30.4 Å². The molecule has 0 saturated carbocycles. The van der Waals surface area contributed by atoms with Crippen LogP contribution < -0.4 is 4.74 Å². The number of amides is 1. The fraction of sp³-hybridized carbons (Fsp3) is 0.235. The Hall–Kier alpha value is -2.47. The first kappa shape index (κ1) is 16.9. The smallest absolute Gasteiger partial charge is 0.387 e. The van der Waals surface area contributed by atoms with Gasteiger partial charge >= 0.3 is 6.61 Å². The number of hydrogen-bond donors (Lipinski definition) is 1. The molecule has 0 saturated heterocycles. The number of halogens is 2. The van der Waals surface area contributed by atoms with Crippen molar-refractivity contribution in [3.05, 3.63) is 65.7 Å². The summed E-state index contributed by atoms with van der Waals surface area (Å²) in [5.41, 5.74) is 1.14. The molecule has 0 aliphatic carbocycles. The Labute approximate surface area is 132 Å². The minimum absolute atomic E-state index is 0.0745. The van der Waals surface area contributed by atoms with Gasteiger partial charge in [-0.25, -0.2) is 0 Å². The molecule has 2 aromatic carbocycles. The number of rotatable bonds is 7. The van der Waals surface area contributed by atoms with E-state index in [1.54, 1.807) is 0 Å². The maximum absolute atomic E-state index is 12.5. The highest BCUT2D eigenvalue weighted by molar-refractivity contribution is 5.94. The molecule has 0 atom stereocenters. The Kier molecular flexibility index (Phi) is 6.05. The minimum atomic E-state index is -2.95. The fourth-order valence-corrected chi connectivity index (χ4v) is 2.16. The number of alkyl halides is 2. The molecule has 0 heterocycles. The lowest BCUT2D eigenvalue weighted by atomic mass is 10.1. The zero-order chi connectivity index (χ0) is 16.7. The number of nitrogens with zero attached hydrogens (tertiary/aromatic N) is 1. The Morgan fingerprint density at radius 2 is 1.87 bits per heavy atom. The molecule has 0 radical (unpaired) electrons. The number of carbonyl (C=O) groups is 1. The van der Waals surface area contributed by atoms with E-state index in [0.717, 1.165) is 5.56 Å². The predicted octanol–water partition coefficient (Wildman–Crippen LogP) is 2.92. The van der Waals surface area contributed by atoms with E-state index in [1.807, 2.05) is 30.3 Å². The Morgan fingerprint density at radius 1 is 1.13 bits per heavy atom. The second kappa shape index (κ2) is 8.24. The molecule has 0 fully saturated rings. The summed E-state index contributed by atoms with van der Waals surface area (Å²) in [5.74, 6) is -0.433. The van der Waals surface area contributed by atoms with Gasteiger partial charge in [0.25, 0.3) is 5.91 Å². The number of ether oxygens (including phenoxy) is 1. The largest absolute Gasteiger partial charge is 0.435 e. The molecular weight excluding hydrogens is 304 g/mol. The molecule has 122 valence electrons. The average molecular weight is 321 g/mol. The summed E-state index contributed by atoms with van der Waals surface area (Å²) >= 11 is 0. The van der Waals surface area contributed by atoms with Gasteiger partial charge in [0.1, 0.15) is 5.75 Å². The summed E-state index contributed by atoms with van der Waals surface area (Å²) in [4.78, 5) is 14.0. The molecule has 2 aromatic rings. The van der Waals surface area contributed by atoms with Crippen molar-refractivity contribution in [1.82, 2.24) is 4.90 Å². The van der Waals surface area contributed by atoms with E-state index in [9.17, 15) is 13.6 Å². The molecule has 0 bridgehead atoms. The normalized spacial score (nSPS) is 10.6. The van der Waals surface area contributed by atoms with Crippen molar-refractivity contribution in [2.75, 3.05) is 13.2 Å². The lowest BCUT2D eigenvalue weighted by Crippen LogP contribution is -2.33. The molecule has 23 heavy (non-hydrogen) atoms. The van der Waals surface area contributed by atoms with Gasteiger partial charge in [-0.15, -0.1) is 0 Å². The van der Waals surface area contributed by atoms with Gasteiger partial charge in [-0.1, -0.05) is 36.4 Å². The quantitative estimate of drug-likeness (QED) is 0.853. The van der Waals surface area contributed by atoms with Gasteiger partial charge in [-0.05, 0) is 23.8 Å². The zero-order valence-corrected chi connectivity index (χ0v) is 12.4. The topological polar surface area (TPSA) is 49.8 Å². The van der Waals surface area contributed by atoms with Crippen molar-refractivity contribution in [2.45, 2.75) is 13.2 Å². The van der Waals surface area contributed by atoms with Gasteiger partial charge in [-0.3, -0.25) is 4.79 Å². The van der Waals surface area contributed by atoms with Crippen LogP contribution in [0.4, 0.5) is 8.78 Å². The summed E-state index contributed by atoms with van der Waals surface area (Å²) < 4.78 is 28.8. The van der Waals surface area contributed by atoms with Crippen LogP contribution in [0.15, 0.2) is 54.6 Å². The summed E-state index contributed by atoms with van der Waals surface area (Å²) in [6, 6.07) is 14.9. The van der Waals surface area contributed by atoms with Gasteiger partial charge in [-0.2, -0.15) is 8.78 Å². The molecule has 4 nitrogen and oxygen atoms in total. The van der Waals surface area contributed by atoms with Gasteiger partial charge < -0.3 is 14.7 Å². The first-order chi connectivity index (χ1) is 11.1. The number of benzene rings is 2. The number of carbonyl (C=O) groups excluding carboxylic acids is 1. The number of aliphatic hydroxyl groups excluding tert-OH is 1. The van der Waals surface area contributed by atoms with E-state index in [4.69, 9.17) is 5.11 Å². The van der Waals surface area contributed by atoms with Crippen LogP contribution in [0.5, 0.6) is 5.75 Å². The standard InChI is InChI=1S/C17H17F2NO3/c18-17(19)23-15-8-4-7-14(11-15)16(22)20(9-10-21)12-13-5-2-1-3-6-13/h1-8,11,17,21H,9-10,12H2. The van der Waals surface area contributed by atoms with Crippen LogP contribution in [0.3, 0.4) is 0 Å². The third-order valence-corrected chi connectivity index (χ3v) is 3.18. The van der Waals surface area contributed by atoms with Crippen molar-refractivity contribution in [1.29, 1.82) is 0 Å². The van der Waals surface area contributed by atoms with E-state index in [0.29, 0.717) is 6.54 Å². The summed E-state index contributed by atoms with van der Waals surface area (Å²) in [7, 11) is 0. The molecule has 0 aliphatic rings. The molecule has 0 aromatic heterocycles. The molecule has 2 rings (SSSR count). The van der Waals surface area contributed by atoms with Crippen molar-refractivity contribution < 1.29 is 23.4 Å². The van der Waals surface area contributed by atoms with Crippen molar-refractivity contribution in [2.24, 2.45) is 0 Å². The molecular formula is C17H17F2NO3. The highest BCUT2D eigenvalue weighted by atomic mass is 19.3. The maximum Gasteiger partial charge on any atom is 0.387 e. The monoisotopic (exact) mass is 321 g/mol. The highest BCUT2D eigenvalue weighted by Gasteiger charge is 2.17. The van der Waals surface area contributed by atoms with Crippen molar-refractivity contribution in [3.8, 4) is 5.75 Å². The fourth-order valence-electron chi connectivity index (χ4n) is 2.16. The van der Waals surface area contributed by atoms with E-state index < -0.39 is 6.61 Å². The second-order valence-electron chi connectivity index (χ2n) is 4.84. The summed E-state index contributed by atoms with van der Waals surface area (Å²) in [5, 5.41) is 9.17. The van der Waals surface area contributed by atoms with E-state index in [2.05, 4.69) is 4.74 Å². The molecule has 0 unspecified atom stereocenters. The first-order valence-electron chi connectivity index (χ1n) is 7.09. The lowest BCUT2D eigenvalue weighted by Gasteiger charge is -2.22. The third-order valence-electron chi connectivity index (χ3n) is 3.18. The van der Waals surface area contributed by atoms with Gasteiger partial charge in [0.05, 0.1) is 6.61 Å². The Balaban J connectivity index is 2.17. The van der Waals surface area contributed by atoms with Gasteiger partial charge in [0.2, 0.25) is 0 Å². The van der Waals surface area contributed by atoms with Crippen LogP contribution >= 0.6 is 0 Å². The molecule has 6 heteroatoms. The van der Waals surface area contributed by atoms with Crippen LogP contribution in [0, 0.1) is 0 Å². The zero-order valence-electron chi connectivity index (χ0n) is 12.4. The highest BCUT2D eigenvalue weighted by Crippen LogP contribution is 2.18. The molecule has 0 spiro atoms. The van der Waals surface area contributed by atoms with Crippen LogP contribution in [0.25, 0.3) is 0 Å². The second-order valence-corrected chi connectivity index (χ2v) is 4.84. The molecule has 1 N–H and O–H groups in total. The van der Waals surface area contributed by atoms with Crippen LogP contribution in [-0.4, -0.2) is 35.7 Å². The third kappa shape index (κ3) is 5.03. The molecule has 0 aliphatic heterocycles. The molecule has 1 amide bonds. The van der Waals surface area contributed by atoms with Crippen molar-refractivity contribution in [3.63, 3.8) is 0 Å². The van der Waals surface area contributed by atoms with Crippen molar-refractivity contribution >= 4 is 5.91 Å². The van der Waals surface area contributed by atoms with E-state index >= 15 is 0 Å². The SMILES string of the molecule is O=C(c1cccc(OC(F)F)c1)N(CCO)Cc1ccccc1. The minimum Gasteiger partial charge on any atom is -0.435 e. The number of aliphatic hydroxyl groups is 1. The first-order valence-corrected chi connectivity index (χ1v) is 7.09. The summed E-state index contributed by atoms with van der Waals surface area (Å²) in [6.45, 7) is -2.67. The van der Waals surface area contributed by atoms with Gasteiger partial charge in [0, 0.05) is 18.7 Å². The average Bonchev–Trinajstić information content (AvgIpc) is 2.54. The van der Waals surface area contributed by atoms with E-state index in [1.165, 1.54) is 29.2 Å². The number of hydrogen-bond acceptors (Lipinski definition) is 3. The predicted molar refractivity (Wildman–Crippen MR) is 81.3 cm³/mol. The van der Waals surface area contributed by atoms with Crippen LogP contribution in [-0.2, 0) is 6.54 Å². The Morgan fingerprint density at radius 3 is 2.52 bits per heavy atom. The van der Waals surface area contributed by atoms with Crippen LogP contribution in [0.2, 0.25) is 0 Å². The Bertz CT molecular complexity index is 635. The summed E-state index contributed by atoms with van der Waals surface area (Å²) in [6.07, 6.45) is 0. The lowest BCUT2D eigenvalue weighted by molar-refractivity contribution is -0.0499.